The minimum Gasteiger partial charge on any atom is -0.377 e. The molecule has 0 saturated heterocycles. The number of hydrogen-bond acceptors (Lipinski definition) is 3. The highest BCUT2D eigenvalue weighted by molar-refractivity contribution is 9.10. The molecule has 1 aromatic rings. The van der Waals surface area contributed by atoms with Crippen LogP contribution >= 0.6 is 28.1 Å². The van der Waals surface area contributed by atoms with Gasteiger partial charge in [-0.2, -0.15) is 0 Å². The van der Waals surface area contributed by atoms with E-state index in [9.17, 15) is 0 Å². The van der Waals surface area contributed by atoms with Crippen molar-refractivity contribution in [1.29, 1.82) is 0 Å². The summed E-state index contributed by atoms with van der Waals surface area (Å²) in [4.78, 5) is 7.45. The van der Waals surface area contributed by atoms with E-state index in [1.807, 2.05) is 0 Å². The first kappa shape index (κ1) is 12.8. The lowest BCUT2D eigenvalue weighted by molar-refractivity contribution is 0.177. The fraction of sp³-hybridized carbons (Fsp3) is 0.600. The average Bonchev–Trinajstić information content (AvgIpc) is 2.13. The Morgan fingerprint density at radius 3 is 2.73 bits per heavy atom. The third-order valence-electron chi connectivity index (χ3n) is 1.88. The van der Waals surface area contributed by atoms with Crippen molar-refractivity contribution in [2.45, 2.75) is 26.9 Å². The number of halogens is 1. The van der Waals surface area contributed by atoms with Gasteiger partial charge in [0.15, 0.2) is 0 Å². The van der Waals surface area contributed by atoms with E-state index in [0.717, 1.165) is 22.4 Å². The first-order chi connectivity index (χ1) is 7.04. The summed E-state index contributed by atoms with van der Waals surface area (Å²) < 4.78 is 6.52. The molecule has 0 aliphatic rings. The monoisotopic (exact) mass is 290 g/mol. The molecule has 0 radical (unpaired) electrons. The zero-order chi connectivity index (χ0) is 11.4. The number of H-pyrrole nitrogens is 1. The van der Waals surface area contributed by atoms with Crippen molar-refractivity contribution in [3.63, 3.8) is 0 Å². The SMILES string of the molecule is COCc1nc(=S)c(Br)c(CC(C)C)[nH]1. The highest BCUT2D eigenvalue weighted by atomic mass is 79.9. The maximum atomic E-state index is 5.16. The fourth-order valence-electron chi connectivity index (χ4n) is 1.31. The van der Waals surface area contributed by atoms with Gasteiger partial charge >= 0.3 is 0 Å². The molecule has 0 amide bonds. The van der Waals surface area contributed by atoms with Crippen LogP contribution in [0.2, 0.25) is 0 Å². The molecule has 15 heavy (non-hydrogen) atoms. The van der Waals surface area contributed by atoms with E-state index in [4.69, 9.17) is 17.0 Å². The Bertz CT molecular complexity index is 389. The first-order valence-corrected chi connectivity index (χ1v) is 6.01. The van der Waals surface area contributed by atoms with Gasteiger partial charge in [-0.25, -0.2) is 4.98 Å². The van der Waals surface area contributed by atoms with E-state index >= 15 is 0 Å². The second-order valence-electron chi connectivity index (χ2n) is 3.81. The van der Waals surface area contributed by atoms with Gasteiger partial charge < -0.3 is 9.72 Å². The van der Waals surface area contributed by atoms with Gasteiger partial charge in [0.05, 0.1) is 4.47 Å². The molecule has 0 fully saturated rings. The summed E-state index contributed by atoms with van der Waals surface area (Å²) in [6.07, 6.45) is 0.948. The molecule has 0 atom stereocenters. The summed E-state index contributed by atoms with van der Waals surface area (Å²) in [5.74, 6) is 1.35. The summed E-state index contributed by atoms with van der Waals surface area (Å²) in [5, 5.41) is 0. The topological polar surface area (TPSA) is 37.9 Å². The number of methoxy groups -OCH3 is 1. The third-order valence-corrected chi connectivity index (χ3v) is 3.29. The molecule has 0 unspecified atom stereocenters. The maximum absolute atomic E-state index is 5.16. The molecule has 0 aliphatic heterocycles. The highest BCUT2D eigenvalue weighted by Crippen LogP contribution is 2.19. The van der Waals surface area contributed by atoms with Gasteiger partial charge in [0.2, 0.25) is 0 Å². The molecule has 1 N–H and O–H groups in total. The van der Waals surface area contributed by atoms with Gasteiger partial charge in [-0.15, -0.1) is 0 Å². The van der Waals surface area contributed by atoms with Gasteiger partial charge in [-0.3, -0.25) is 0 Å². The summed E-state index contributed by atoms with van der Waals surface area (Å²) in [5.41, 5.74) is 1.09. The molecule has 0 aliphatic carbocycles. The number of nitrogens with zero attached hydrogens (tertiary/aromatic N) is 1. The van der Waals surface area contributed by atoms with Crippen molar-refractivity contribution in [3.8, 4) is 0 Å². The van der Waals surface area contributed by atoms with Crippen LogP contribution in [0.25, 0.3) is 0 Å². The largest absolute Gasteiger partial charge is 0.377 e. The normalized spacial score (nSPS) is 11.0. The number of hydrogen-bond donors (Lipinski definition) is 1. The van der Waals surface area contributed by atoms with E-state index in [2.05, 4.69) is 39.7 Å². The van der Waals surface area contributed by atoms with Crippen molar-refractivity contribution in [3.05, 3.63) is 20.6 Å². The number of ether oxygens (including phenoxy) is 1. The number of aromatic amines is 1. The van der Waals surface area contributed by atoms with Crippen molar-refractivity contribution in [1.82, 2.24) is 9.97 Å². The quantitative estimate of drug-likeness (QED) is 0.865. The maximum Gasteiger partial charge on any atom is 0.144 e. The molecule has 0 spiro atoms. The van der Waals surface area contributed by atoms with Crippen LogP contribution in [0.4, 0.5) is 0 Å². The van der Waals surface area contributed by atoms with Crippen LogP contribution in [0.3, 0.4) is 0 Å². The standard InChI is InChI=1S/C10H15BrN2OS/c1-6(2)4-7-9(11)10(15)13-8(12-7)5-14-3/h6H,4-5H2,1-3H3,(H,12,13,15). The van der Waals surface area contributed by atoms with Crippen LogP contribution in [0.1, 0.15) is 25.4 Å². The summed E-state index contributed by atoms with van der Waals surface area (Å²) in [6.45, 7) is 4.79. The van der Waals surface area contributed by atoms with Crippen molar-refractivity contribution >= 4 is 28.1 Å². The molecular weight excluding hydrogens is 276 g/mol. The van der Waals surface area contributed by atoms with Crippen LogP contribution in [0.15, 0.2) is 4.47 Å². The van der Waals surface area contributed by atoms with Gasteiger partial charge in [0, 0.05) is 12.8 Å². The molecular formula is C10H15BrN2OS. The van der Waals surface area contributed by atoms with E-state index in [1.54, 1.807) is 7.11 Å². The Labute approximate surface area is 103 Å². The summed E-state index contributed by atoms with van der Waals surface area (Å²) in [7, 11) is 1.64. The molecule has 1 heterocycles. The minimum absolute atomic E-state index is 0.460. The molecule has 3 nitrogen and oxygen atoms in total. The fourth-order valence-corrected chi connectivity index (χ4v) is 1.89. The van der Waals surface area contributed by atoms with Crippen LogP contribution in [-0.2, 0) is 17.8 Å². The van der Waals surface area contributed by atoms with Crippen LogP contribution < -0.4 is 0 Å². The lowest BCUT2D eigenvalue weighted by Crippen LogP contribution is -2.05. The van der Waals surface area contributed by atoms with E-state index in [1.165, 1.54) is 0 Å². The van der Waals surface area contributed by atoms with Gasteiger partial charge in [0.1, 0.15) is 17.1 Å². The average molecular weight is 291 g/mol. The molecule has 0 saturated carbocycles. The Morgan fingerprint density at radius 1 is 1.53 bits per heavy atom. The Kier molecular flexibility index (Phi) is 4.89. The predicted molar refractivity (Wildman–Crippen MR) is 66.4 cm³/mol. The van der Waals surface area contributed by atoms with Crippen molar-refractivity contribution in [2.24, 2.45) is 5.92 Å². The van der Waals surface area contributed by atoms with E-state index in [-0.39, 0.29) is 0 Å². The van der Waals surface area contributed by atoms with E-state index < -0.39 is 0 Å². The summed E-state index contributed by atoms with van der Waals surface area (Å²) >= 11 is 8.62. The van der Waals surface area contributed by atoms with Gasteiger partial charge in [-0.1, -0.05) is 26.1 Å². The Balaban J connectivity index is 3.07. The van der Waals surface area contributed by atoms with Crippen LogP contribution in [0, 0.1) is 10.6 Å². The molecule has 0 bridgehead atoms. The summed E-state index contributed by atoms with van der Waals surface area (Å²) in [6, 6.07) is 0. The third kappa shape index (κ3) is 3.66. The van der Waals surface area contributed by atoms with E-state index in [0.29, 0.717) is 17.2 Å². The first-order valence-electron chi connectivity index (χ1n) is 4.81. The molecule has 1 rings (SSSR count). The van der Waals surface area contributed by atoms with Gasteiger partial charge in [-0.05, 0) is 28.3 Å². The molecule has 84 valence electrons. The number of nitrogens with one attached hydrogen (secondary N) is 1. The molecule has 1 aromatic heterocycles. The smallest absolute Gasteiger partial charge is 0.144 e. The highest BCUT2D eigenvalue weighted by Gasteiger charge is 2.07. The van der Waals surface area contributed by atoms with Crippen molar-refractivity contribution in [2.75, 3.05) is 7.11 Å². The van der Waals surface area contributed by atoms with Crippen LogP contribution in [-0.4, -0.2) is 17.1 Å². The van der Waals surface area contributed by atoms with Crippen molar-refractivity contribution < 1.29 is 4.74 Å². The zero-order valence-corrected chi connectivity index (χ0v) is 11.5. The second kappa shape index (κ2) is 5.72. The van der Waals surface area contributed by atoms with Crippen LogP contribution in [0.5, 0.6) is 0 Å². The zero-order valence-electron chi connectivity index (χ0n) is 9.13. The Hall–Kier alpha value is -0.260. The second-order valence-corrected chi connectivity index (χ2v) is 4.99. The van der Waals surface area contributed by atoms with Gasteiger partial charge in [0.25, 0.3) is 0 Å². The molecule has 0 aromatic carbocycles. The lowest BCUT2D eigenvalue weighted by atomic mass is 10.1. The number of aromatic nitrogens is 2. The Morgan fingerprint density at radius 2 is 2.20 bits per heavy atom. The predicted octanol–water partition coefficient (Wildman–Crippen LogP) is 3.25. The minimum atomic E-state index is 0.460. The number of rotatable bonds is 4. The molecule has 5 heteroatoms. The lowest BCUT2D eigenvalue weighted by Gasteiger charge is -2.09.